The minimum atomic E-state index is -0.372. The van der Waals surface area contributed by atoms with Crippen molar-refractivity contribution in [1.29, 1.82) is 0 Å². The van der Waals surface area contributed by atoms with Gasteiger partial charge in [-0.15, -0.1) is 0 Å². The number of hydrogen-bond donors (Lipinski definition) is 2. The van der Waals surface area contributed by atoms with Crippen LogP contribution in [-0.4, -0.2) is 29.4 Å². The van der Waals surface area contributed by atoms with Crippen LogP contribution in [-0.2, 0) is 21.4 Å². The highest BCUT2D eigenvalue weighted by molar-refractivity contribution is 5.73. The summed E-state index contributed by atoms with van der Waals surface area (Å²) in [7, 11) is 0. The molecule has 0 amide bonds. The van der Waals surface area contributed by atoms with Crippen molar-refractivity contribution in [2.75, 3.05) is 13.2 Å². The number of hydrogen-bond acceptors (Lipinski definition) is 4. The van der Waals surface area contributed by atoms with Crippen LogP contribution < -0.4 is 0 Å². The molecule has 4 heteroatoms. The van der Waals surface area contributed by atoms with Gasteiger partial charge in [0.1, 0.15) is 12.4 Å². The Morgan fingerprint density at radius 2 is 1.78 bits per heavy atom. The fourth-order valence-corrected chi connectivity index (χ4v) is 3.27. The van der Waals surface area contributed by atoms with E-state index in [9.17, 15) is 9.90 Å². The van der Waals surface area contributed by atoms with Crippen molar-refractivity contribution in [2.24, 2.45) is 5.41 Å². The Morgan fingerprint density at radius 1 is 1.17 bits per heavy atom. The lowest BCUT2D eigenvalue weighted by molar-refractivity contribution is -0.143. The zero-order chi connectivity index (χ0) is 17.8. The summed E-state index contributed by atoms with van der Waals surface area (Å²) in [5.41, 5.74) is 2.35. The minimum absolute atomic E-state index is 0.0122. The molecular formula is C19H30O4. The van der Waals surface area contributed by atoms with Crippen molar-refractivity contribution in [1.82, 2.24) is 0 Å². The lowest BCUT2D eigenvalue weighted by atomic mass is 9.71. The first kappa shape index (κ1) is 19.5. The van der Waals surface area contributed by atoms with Crippen LogP contribution >= 0.6 is 0 Å². The number of esters is 1. The molecule has 0 aliphatic carbocycles. The van der Waals surface area contributed by atoms with Crippen LogP contribution in [0.15, 0.2) is 12.1 Å². The number of aromatic hydroxyl groups is 1. The molecule has 1 aromatic carbocycles. The van der Waals surface area contributed by atoms with E-state index in [1.54, 1.807) is 0 Å². The molecule has 0 aliphatic rings. The van der Waals surface area contributed by atoms with Gasteiger partial charge in [-0.25, -0.2) is 0 Å². The molecule has 0 atom stereocenters. The lowest BCUT2D eigenvalue weighted by Gasteiger charge is -2.34. The molecule has 0 heterocycles. The summed E-state index contributed by atoms with van der Waals surface area (Å²) in [5, 5.41) is 19.2. The summed E-state index contributed by atoms with van der Waals surface area (Å²) < 4.78 is 4.92. The molecule has 0 fully saturated rings. The van der Waals surface area contributed by atoms with Crippen molar-refractivity contribution >= 4 is 5.97 Å². The molecule has 2 N–H and O–H groups in total. The molecule has 4 nitrogen and oxygen atoms in total. The summed E-state index contributed by atoms with van der Waals surface area (Å²) in [4.78, 5) is 11.8. The molecule has 0 aromatic heterocycles. The Hall–Kier alpha value is -1.55. The van der Waals surface area contributed by atoms with E-state index in [2.05, 4.69) is 34.6 Å². The number of benzene rings is 1. The molecule has 130 valence electrons. The standard InChI is InChI=1S/C19H30O4/c1-13-9-14(11-16(21)23-8-7-20)10-15(17(13)22)19(5,6)12-18(2,3)4/h9-10,20,22H,7-8,11-12H2,1-6H3. The molecule has 0 bridgehead atoms. The molecule has 0 spiro atoms. The van der Waals surface area contributed by atoms with Crippen LogP contribution in [0, 0.1) is 12.3 Å². The van der Waals surface area contributed by atoms with Gasteiger partial charge >= 0.3 is 5.97 Å². The van der Waals surface area contributed by atoms with Gasteiger partial charge in [-0.3, -0.25) is 4.79 Å². The Morgan fingerprint density at radius 3 is 2.30 bits per heavy atom. The number of aliphatic hydroxyl groups is 1. The zero-order valence-electron chi connectivity index (χ0n) is 15.2. The number of carbonyl (C=O) groups excluding carboxylic acids is 1. The van der Waals surface area contributed by atoms with Gasteiger partial charge in [0, 0.05) is 5.56 Å². The molecule has 0 saturated carbocycles. The Bertz CT molecular complexity index is 553. The summed E-state index contributed by atoms with van der Waals surface area (Å²) >= 11 is 0. The van der Waals surface area contributed by atoms with Crippen molar-refractivity contribution < 1.29 is 19.7 Å². The smallest absolute Gasteiger partial charge is 0.310 e. The number of carbonyl (C=O) groups is 1. The maximum absolute atomic E-state index is 11.8. The van der Waals surface area contributed by atoms with E-state index in [1.807, 2.05) is 19.1 Å². The van der Waals surface area contributed by atoms with Crippen LogP contribution in [0.25, 0.3) is 0 Å². The van der Waals surface area contributed by atoms with Gasteiger partial charge in [-0.05, 0) is 35.3 Å². The summed E-state index contributed by atoms with van der Waals surface area (Å²) in [6.07, 6.45) is 1.05. The van der Waals surface area contributed by atoms with E-state index in [1.165, 1.54) is 0 Å². The molecule has 1 rings (SSSR count). The maximum Gasteiger partial charge on any atom is 0.310 e. The maximum atomic E-state index is 11.8. The van der Waals surface area contributed by atoms with Crippen LogP contribution in [0.5, 0.6) is 5.75 Å². The SMILES string of the molecule is Cc1cc(CC(=O)OCCO)cc(C(C)(C)CC(C)(C)C)c1O. The van der Waals surface area contributed by atoms with Crippen molar-refractivity contribution in [3.8, 4) is 5.75 Å². The number of aryl methyl sites for hydroxylation is 1. The Kier molecular flexibility index (Phi) is 6.23. The normalized spacial score (nSPS) is 12.3. The second-order valence-electron chi connectivity index (χ2n) is 8.05. The predicted molar refractivity (Wildman–Crippen MR) is 91.7 cm³/mol. The van der Waals surface area contributed by atoms with Crippen molar-refractivity contribution in [3.63, 3.8) is 0 Å². The second-order valence-corrected chi connectivity index (χ2v) is 8.05. The topological polar surface area (TPSA) is 66.8 Å². The van der Waals surface area contributed by atoms with Gasteiger partial charge in [0.05, 0.1) is 13.0 Å². The molecule has 0 radical (unpaired) electrons. The largest absolute Gasteiger partial charge is 0.507 e. The van der Waals surface area contributed by atoms with Gasteiger partial charge in [-0.2, -0.15) is 0 Å². The number of phenolic OH excluding ortho intramolecular Hbond substituents is 1. The first-order valence-electron chi connectivity index (χ1n) is 8.06. The molecule has 23 heavy (non-hydrogen) atoms. The zero-order valence-corrected chi connectivity index (χ0v) is 15.2. The van der Waals surface area contributed by atoms with Gasteiger partial charge in [0.2, 0.25) is 0 Å². The summed E-state index contributed by atoms with van der Waals surface area (Å²) in [5.74, 6) is -0.0737. The Labute approximate surface area is 139 Å². The second kappa shape index (κ2) is 7.35. The quantitative estimate of drug-likeness (QED) is 0.787. The first-order valence-corrected chi connectivity index (χ1v) is 8.06. The van der Waals surface area contributed by atoms with E-state index in [4.69, 9.17) is 9.84 Å². The number of rotatable bonds is 6. The molecule has 0 saturated heterocycles. The van der Waals surface area contributed by atoms with Gasteiger partial charge in [0.25, 0.3) is 0 Å². The van der Waals surface area contributed by atoms with Crippen molar-refractivity contribution in [2.45, 2.75) is 59.8 Å². The van der Waals surface area contributed by atoms with E-state index in [0.29, 0.717) is 5.75 Å². The first-order chi connectivity index (χ1) is 10.5. The monoisotopic (exact) mass is 322 g/mol. The number of phenols is 1. The third kappa shape index (κ3) is 5.87. The van der Waals surface area contributed by atoms with Crippen LogP contribution in [0.4, 0.5) is 0 Å². The van der Waals surface area contributed by atoms with Crippen molar-refractivity contribution in [3.05, 3.63) is 28.8 Å². The van der Waals surface area contributed by atoms with E-state index in [-0.39, 0.29) is 36.4 Å². The molecule has 1 aromatic rings. The highest BCUT2D eigenvalue weighted by Crippen LogP contribution is 2.41. The van der Waals surface area contributed by atoms with Crippen LogP contribution in [0.3, 0.4) is 0 Å². The average molecular weight is 322 g/mol. The third-order valence-electron chi connectivity index (χ3n) is 3.76. The van der Waals surface area contributed by atoms with Gasteiger partial charge < -0.3 is 14.9 Å². The van der Waals surface area contributed by atoms with Gasteiger partial charge in [-0.1, -0.05) is 46.8 Å². The van der Waals surface area contributed by atoms with E-state index < -0.39 is 0 Å². The predicted octanol–water partition coefficient (Wildman–Crippen LogP) is 3.49. The summed E-state index contributed by atoms with van der Waals surface area (Å²) in [6, 6.07) is 3.71. The molecule has 0 unspecified atom stereocenters. The molecular weight excluding hydrogens is 292 g/mol. The van der Waals surface area contributed by atoms with Gasteiger partial charge in [0.15, 0.2) is 0 Å². The molecule has 0 aliphatic heterocycles. The highest BCUT2D eigenvalue weighted by atomic mass is 16.5. The number of aliphatic hydroxyl groups excluding tert-OH is 1. The number of ether oxygens (including phenoxy) is 1. The van der Waals surface area contributed by atoms with Crippen LogP contribution in [0.1, 0.15) is 57.7 Å². The fourth-order valence-electron chi connectivity index (χ4n) is 3.27. The van der Waals surface area contributed by atoms with E-state index in [0.717, 1.165) is 23.1 Å². The van der Waals surface area contributed by atoms with E-state index >= 15 is 0 Å². The third-order valence-corrected chi connectivity index (χ3v) is 3.76. The summed E-state index contributed by atoms with van der Waals surface area (Å²) in [6.45, 7) is 12.4. The fraction of sp³-hybridized carbons (Fsp3) is 0.632. The Balaban J connectivity index is 3.11. The minimum Gasteiger partial charge on any atom is -0.507 e. The van der Waals surface area contributed by atoms with Crippen LogP contribution in [0.2, 0.25) is 0 Å². The lowest BCUT2D eigenvalue weighted by Crippen LogP contribution is -2.25. The average Bonchev–Trinajstić information content (AvgIpc) is 2.37. The highest BCUT2D eigenvalue weighted by Gasteiger charge is 2.30.